The smallest absolute Gasteiger partial charge is 0.253 e. The number of hydrogen-bond acceptors (Lipinski definition) is 6. The topological polar surface area (TPSA) is 91.2 Å². The normalized spacial score (nSPS) is 13.9. The minimum Gasteiger partial charge on any atom is -0.486 e. The molecule has 25 heavy (non-hydrogen) atoms. The zero-order chi connectivity index (χ0) is 17.1. The Kier molecular flexibility index (Phi) is 3.99. The maximum absolute atomic E-state index is 12.9. The first-order valence-corrected chi connectivity index (χ1v) is 7.79. The third kappa shape index (κ3) is 3.14. The Morgan fingerprint density at radius 3 is 2.64 bits per heavy atom. The highest BCUT2D eigenvalue weighted by molar-refractivity contribution is 5.96. The number of nitrogens with one attached hydrogen (secondary N) is 1. The Morgan fingerprint density at radius 1 is 1.08 bits per heavy atom. The van der Waals surface area contributed by atoms with Crippen molar-refractivity contribution in [2.24, 2.45) is 0 Å². The Labute approximate surface area is 143 Å². The first-order valence-electron chi connectivity index (χ1n) is 7.79. The summed E-state index contributed by atoms with van der Waals surface area (Å²) in [6.07, 6.45) is 1.42. The number of amides is 1. The van der Waals surface area contributed by atoms with E-state index < -0.39 is 6.04 Å². The fourth-order valence-corrected chi connectivity index (χ4v) is 2.68. The highest BCUT2D eigenvalue weighted by Crippen LogP contribution is 2.33. The van der Waals surface area contributed by atoms with Gasteiger partial charge >= 0.3 is 0 Å². The summed E-state index contributed by atoms with van der Waals surface area (Å²) in [6, 6.07) is 13.9. The number of rotatable bonds is 4. The van der Waals surface area contributed by atoms with Gasteiger partial charge in [0.05, 0.1) is 0 Å². The summed E-state index contributed by atoms with van der Waals surface area (Å²) in [5, 5.41) is 14.0. The number of carbonyl (C=O) groups excluding carboxylic acids is 1. The lowest BCUT2D eigenvalue weighted by Crippen LogP contribution is -2.27. The third-order valence-electron chi connectivity index (χ3n) is 3.80. The van der Waals surface area contributed by atoms with E-state index in [1.54, 1.807) is 18.2 Å². The summed E-state index contributed by atoms with van der Waals surface area (Å²) in [5.41, 5.74) is 1.40. The molecule has 2 heterocycles. The van der Waals surface area contributed by atoms with E-state index in [2.05, 4.69) is 20.8 Å². The molecule has 1 aromatic heterocycles. The molecule has 0 saturated carbocycles. The molecule has 2 aromatic carbocycles. The van der Waals surface area contributed by atoms with Crippen LogP contribution in [0.2, 0.25) is 0 Å². The molecule has 1 atom stereocenters. The van der Waals surface area contributed by atoms with Crippen LogP contribution in [0.25, 0.3) is 0 Å². The molecule has 1 aliphatic rings. The highest BCUT2D eigenvalue weighted by atomic mass is 16.6. The van der Waals surface area contributed by atoms with Gasteiger partial charge in [0, 0.05) is 11.8 Å². The fourth-order valence-electron chi connectivity index (χ4n) is 2.68. The maximum Gasteiger partial charge on any atom is 0.253 e. The number of anilines is 1. The van der Waals surface area contributed by atoms with Crippen molar-refractivity contribution in [2.75, 3.05) is 18.5 Å². The monoisotopic (exact) mass is 337 g/mol. The molecule has 1 amide bonds. The van der Waals surface area contributed by atoms with Crippen LogP contribution in [0.15, 0.2) is 54.9 Å². The number of carbonyl (C=O) groups is 1. The summed E-state index contributed by atoms with van der Waals surface area (Å²) in [6.45, 7) is 1.01. The minimum atomic E-state index is -0.676. The van der Waals surface area contributed by atoms with Gasteiger partial charge < -0.3 is 14.8 Å². The Balaban J connectivity index is 1.61. The summed E-state index contributed by atoms with van der Waals surface area (Å²) in [5.74, 6) is 1.03. The third-order valence-corrected chi connectivity index (χ3v) is 3.80. The Bertz CT molecular complexity index is 867. The molecule has 0 fully saturated rings. The molecule has 1 N–H and O–H groups in total. The van der Waals surface area contributed by atoms with Crippen molar-refractivity contribution in [3.05, 3.63) is 60.4 Å². The van der Waals surface area contributed by atoms with Crippen LogP contribution in [-0.4, -0.2) is 39.3 Å². The van der Waals surface area contributed by atoms with E-state index >= 15 is 0 Å². The lowest BCUT2D eigenvalue weighted by Gasteiger charge is -2.20. The molecule has 4 rings (SSSR count). The molecule has 0 bridgehead atoms. The van der Waals surface area contributed by atoms with E-state index in [1.165, 1.54) is 11.0 Å². The van der Waals surface area contributed by atoms with Gasteiger partial charge in [-0.15, -0.1) is 5.10 Å². The van der Waals surface area contributed by atoms with Gasteiger partial charge in [-0.2, -0.15) is 0 Å². The average Bonchev–Trinajstić information content (AvgIpc) is 3.17. The molecule has 0 radical (unpaired) electrons. The van der Waals surface area contributed by atoms with Crippen molar-refractivity contribution in [2.45, 2.75) is 6.04 Å². The molecule has 3 aromatic rings. The Morgan fingerprint density at radius 2 is 1.88 bits per heavy atom. The van der Waals surface area contributed by atoms with Crippen LogP contribution in [-0.2, 0) is 4.79 Å². The van der Waals surface area contributed by atoms with E-state index in [0.29, 0.717) is 30.4 Å². The zero-order valence-corrected chi connectivity index (χ0v) is 13.2. The second-order valence-electron chi connectivity index (χ2n) is 5.45. The second kappa shape index (κ2) is 6.60. The van der Waals surface area contributed by atoms with Gasteiger partial charge in [-0.3, -0.25) is 4.79 Å². The molecule has 8 nitrogen and oxygen atoms in total. The summed E-state index contributed by atoms with van der Waals surface area (Å²) < 4.78 is 12.5. The van der Waals surface area contributed by atoms with Gasteiger partial charge in [0.25, 0.3) is 5.91 Å². The van der Waals surface area contributed by atoms with Crippen molar-refractivity contribution >= 4 is 11.6 Å². The predicted molar refractivity (Wildman–Crippen MR) is 88.5 cm³/mol. The number of nitrogens with zero attached hydrogens (tertiary/aromatic N) is 4. The largest absolute Gasteiger partial charge is 0.486 e. The molecular formula is C17H15N5O3. The van der Waals surface area contributed by atoms with Crippen LogP contribution >= 0.6 is 0 Å². The van der Waals surface area contributed by atoms with Crippen molar-refractivity contribution in [3.8, 4) is 11.5 Å². The molecule has 0 saturated heterocycles. The van der Waals surface area contributed by atoms with Crippen LogP contribution in [0.5, 0.6) is 11.5 Å². The quantitative estimate of drug-likeness (QED) is 0.779. The standard InChI is InChI=1S/C17H15N5O3/c23-17(19-13-6-7-14-15(10-13)25-9-8-24-14)16(22-11-18-20-21-22)12-4-2-1-3-5-12/h1-7,10-11,16H,8-9H2,(H,19,23)/t16-/m1/s1. The van der Waals surface area contributed by atoms with Crippen LogP contribution in [0.4, 0.5) is 5.69 Å². The summed E-state index contributed by atoms with van der Waals surface area (Å²) in [7, 11) is 0. The molecule has 0 aliphatic carbocycles. The number of fused-ring (bicyclic) bond motifs is 1. The van der Waals surface area contributed by atoms with Crippen molar-refractivity contribution in [1.82, 2.24) is 20.2 Å². The SMILES string of the molecule is O=C(Nc1ccc2c(c1)OCCO2)[C@@H](c1ccccc1)n1cnnn1. The zero-order valence-electron chi connectivity index (χ0n) is 13.2. The van der Waals surface area contributed by atoms with E-state index in [9.17, 15) is 4.79 Å². The number of ether oxygens (including phenoxy) is 2. The van der Waals surface area contributed by atoms with Gasteiger partial charge in [-0.1, -0.05) is 30.3 Å². The molecule has 1 aliphatic heterocycles. The maximum atomic E-state index is 12.9. The number of benzene rings is 2. The minimum absolute atomic E-state index is 0.254. The molecule has 126 valence electrons. The molecule has 0 unspecified atom stereocenters. The molecule has 0 spiro atoms. The highest BCUT2D eigenvalue weighted by Gasteiger charge is 2.24. The van der Waals surface area contributed by atoms with Gasteiger partial charge in [-0.05, 0) is 28.1 Å². The van der Waals surface area contributed by atoms with Crippen molar-refractivity contribution in [1.29, 1.82) is 0 Å². The van der Waals surface area contributed by atoms with Crippen molar-refractivity contribution < 1.29 is 14.3 Å². The van der Waals surface area contributed by atoms with Crippen LogP contribution < -0.4 is 14.8 Å². The number of aromatic nitrogens is 4. The lowest BCUT2D eigenvalue weighted by atomic mass is 10.1. The van der Waals surface area contributed by atoms with Gasteiger partial charge in [0.15, 0.2) is 17.5 Å². The summed E-state index contributed by atoms with van der Waals surface area (Å²) >= 11 is 0. The Hall–Kier alpha value is -3.42. The van der Waals surface area contributed by atoms with Crippen LogP contribution in [0.1, 0.15) is 11.6 Å². The van der Waals surface area contributed by atoms with E-state index in [-0.39, 0.29) is 5.91 Å². The van der Waals surface area contributed by atoms with E-state index in [4.69, 9.17) is 9.47 Å². The average molecular weight is 337 g/mol. The molecule has 8 heteroatoms. The lowest BCUT2D eigenvalue weighted by molar-refractivity contribution is -0.118. The van der Waals surface area contributed by atoms with Gasteiger partial charge in [-0.25, -0.2) is 4.68 Å². The molecular weight excluding hydrogens is 322 g/mol. The number of hydrogen-bond donors (Lipinski definition) is 1. The van der Waals surface area contributed by atoms with Crippen LogP contribution in [0.3, 0.4) is 0 Å². The first-order chi connectivity index (χ1) is 12.3. The number of tetrazole rings is 1. The van der Waals surface area contributed by atoms with Crippen molar-refractivity contribution in [3.63, 3.8) is 0 Å². The predicted octanol–water partition coefficient (Wildman–Crippen LogP) is 1.67. The summed E-state index contributed by atoms with van der Waals surface area (Å²) in [4.78, 5) is 12.9. The van der Waals surface area contributed by atoms with Gasteiger partial charge in [0.2, 0.25) is 0 Å². The fraction of sp³-hybridized carbons (Fsp3) is 0.176. The second-order valence-corrected chi connectivity index (χ2v) is 5.45. The first kappa shape index (κ1) is 15.1. The van der Waals surface area contributed by atoms with E-state index in [0.717, 1.165) is 5.56 Å². The van der Waals surface area contributed by atoms with Gasteiger partial charge in [0.1, 0.15) is 19.5 Å². The van der Waals surface area contributed by atoms with E-state index in [1.807, 2.05) is 30.3 Å². The van der Waals surface area contributed by atoms with Crippen LogP contribution in [0, 0.1) is 0 Å².